The monoisotopic (exact) mass is 235 g/mol. The first-order valence-corrected chi connectivity index (χ1v) is 6.67. The van der Waals surface area contributed by atoms with E-state index >= 15 is 0 Å². The van der Waals surface area contributed by atoms with Gasteiger partial charge in [0.05, 0.1) is 12.7 Å². The first-order chi connectivity index (χ1) is 6.91. The molecular weight excluding hydrogens is 210 g/mol. The molecule has 0 bridgehead atoms. The SMILES string of the molecule is CCNC(CSCC(O)CO)C(C)(C)C. The Bertz CT molecular complexity index is 159. The summed E-state index contributed by atoms with van der Waals surface area (Å²) in [5, 5.41) is 21.3. The van der Waals surface area contributed by atoms with Crippen molar-refractivity contribution in [2.45, 2.75) is 39.8 Å². The van der Waals surface area contributed by atoms with E-state index in [0.717, 1.165) is 12.3 Å². The average Bonchev–Trinajstić information content (AvgIpc) is 2.14. The van der Waals surface area contributed by atoms with E-state index in [1.807, 2.05) is 0 Å². The van der Waals surface area contributed by atoms with E-state index in [2.05, 4.69) is 33.0 Å². The van der Waals surface area contributed by atoms with Crippen LogP contribution in [0.25, 0.3) is 0 Å². The highest BCUT2D eigenvalue weighted by atomic mass is 32.2. The van der Waals surface area contributed by atoms with E-state index in [0.29, 0.717) is 11.8 Å². The molecule has 3 nitrogen and oxygen atoms in total. The molecule has 2 unspecified atom stereocenters. The summed E-state index contributed by atoms with van der Waals surface area (Å²) >= 11 is 1.69. The number of hydrogen-bond donors (Lipinski definition) is 3. The Labute approximate surface area is 97.7 Å². The summed E-state index contributed by atoms with van der Waals surface area (Å²) in [5.74, 6) is 1.57. The van der Waals surface area contributed by atoms with Crippen LogP contribution in [0.3, 0.4) is 0 Å². The van der Waals surface area contributed by atoms with Crippen LogP contribution in [0.4, 0.5) is 0 Å². The van der Waals surface area contributed by atoms with Crippen LogP contribution < -0.4 is 5.32 Å². The van der Waals surface area contributed by atoms with Gasteiger partial charge in [-0.1, -0.05) is 27.7 Å². The summed E-state index contributed by atoms with van der Waals surface area (Å²) in [6.07, 6.45) is -0.586. The minimum atomic E-state index is -0.586. The van der Waals surface area contributed by atoms with Gasteiger partial charge < -0.3 is 15.5 Å². The van der Waals surface area contributed by atoms with Crippen LogP contribution in [-0.4, -0.2) is 47.0 Å². The molecule has 0 heterocycles. The minimum Gasteiger partial charge on any atom is -0.394 e. The number of rotatable bonds is 7. The Kier molecular flexibility index (Phi) is 7.61. The Morgan fingerprint density at radius 2 is 1.87 bits per heavy atom. The fourth-order valence-electron chi connectivity index (χ4n) is 1.24. The first-order valence-electron chi connectivity index (χ1n) is 5.51. The fourth-order valence-corrected chi connectivity index (χ4v) is 2.60. The number of aliphatic hydroxyl groups is 2. The second kappa shape index (κ2) is 7.49. The Hall–Kier alpha value is 0.230. The highest BCUT2D eigenvalue weighted by Gasteiger charge is 2.23. The molecule has 0 aromatic carbocycles. The van der Waals surface area contributed by atoms with Crippen molar-refractivity contribution in [3.63, 3.8) is 0 Å². The standard InChI is InChI=1S/C11H25NO2S/c1-5-12-10(11(2,3)4)8-15-7-9(14)6-13/h9-10,12-14H,5-8H2,1-4H3. The van der Waals surface area contributed by atoms with Crippen LogP contribution >= 0.6 is 11.8 Å². The predicted molar refractivity (Wildman–Crippen MR) is 67.3 cm³/mol. The van der Waals surface area contributed by atoms with Gasteiger partial charge in [-0.25, -0.2) is 0 Å². The number of aliphatic hydroxyl groups excluding tert-OH is 2. The lowest BCUT2D eigenvalue weighted by molar-refractivity contribution is 0.113. The summed E-state index contributed by atoms with van der Waals surface area (Å²) in [6, 6.07) is 0.443. The number of nitrogens with one attached hydrogen (secondary N) is 1. The van der Waals surface area contributed by atoms with Crippen LogP contribution in [0.15, 0.2) is 0 Å². The predicted octanol–water partition coefficient (Wildman–Crippen LogP) is 1.10. The molecule has 0 saturated heterocycles. The average molecular weight is 235 g/mol. The third kappa shape index (κ3) is 7.17. The van der Waals surface area contributed by atoms with Crippen molar-refractivity contribution in [1.82, 2.24) is 5.32 Å². The molecule has 15 heavy (non-hydrogen) atoms. The van der Waals surface area contributed by atoms with Crippen molar-refractivity contribution < 1.29 is 10.2 Å². The van der Waals surface area contributed by atoms with Crippen LogP contribution in [-0.2, 0) is 0 Å². The van der Waals surface area contributed by atoms with Gasteiger partial charge in [0.1, 0.15) is 0 Å². The molecule has 0 aliphatic heterocycles. The molecule has 0 aliphatic rings. The lowest BCUT2D eigenvalue weighted by Gasteiger charge is -2.31. The maximum absolute atomic E-state index is 9.21. The van der Waals surface area contributed by atoms with Crippen molar-refractivity contribution in [3.8, 4) is 0 Å². The Balaban J connectivity index is 3.87. The minimum absolute atomic E-state index is 0.144. The van der Waals surface area contributed by atoms with Gasteiger partial charge in [0, 0.05) is 17.5 Å². The maximum atomic E-state index is 9.21. The molecule has 0 spiro atoms. The second-order valence-electron chi connectivity index (χ2n) is 4.85. The summed E-state index contributed by atoms with van der Waals surface area (Å²) in [6.45, 7) is 9.56. The quantitative estimate of drug-likeness (QED) is 0.618. The smallest absolute Gasteiger partial charge is 0.0861 e. The highest BCUT2D eigenvalue weighted by molar-refractivity contribution is 7.99. The third-order valence-electron chi connectivity index (χ3n) is 2.30. The largest absolute Gasteiger partial charge is 0.394 e. The molecule has 3 N–H and O–H groups in total. The molecule has 4 heteroatoms. The highest BCUT2D eigenvalue weighted by Crippen LogP contribution is 2.22. The topological polar surface area (TPSA) is 52.5 Å². The van der Waals surface area contributed by atoms with Gasteiger partial charge in [-0.15, -0.1) is 0 Å². The molecule has 0 aromatic heterocycles. The lowest BCUT2D eigenvalue weighted by Crippen LogP contribution is -2.42. The van der Waals surface area contributed by atoms with E-state index in [-0.39, 0.29) is 12.0 Å². The van der Waals surface area contributed by atoms with Crippen molar-refractivity contribution in [2.75, 3.05) is 24.7 Å². The number of hydrogen-bond acceptors (Lipinski definition) is 4. The first kappa shape index (κ1) is 15.2. The van der Waals surface area contributed by atoms with Crippen LogP contribution in [0.2, 0.25) is 0 Å². The van der Waals surface area contributed by atoms with Crippen molar-refractivity contribution >= 4 is 11.8 Å². The zero-order valence-corrected chi connectivity index (χ0v) is 11.1. The summed E-state index contributed by atoms with van der Waals surface area (Å²) in [5.41, 5.74) is 0.229. The third-order valence-corrected chi connectivity index (χ3v) is 3.49. The van der Waals surface area contributed by atoms with Gasteiger partial charge in [0.25, 0.3) is 0 Å². The summed E-state index contributed by atoms with van der Waals surface area (Å²) in [7, 11) is 0. The van der Waals surface area contributed by atoms with E-state index in [4.69, 9.17) is 5.11 Å². The van der Waals surface area contributed by atoms with Crippen LogP contribution in [0.1, 0.15) is 27.7 Å². The van der Waals surface area contributed by atoms with Gasteiger partial charge >= 0.3 is 0 Å². The van der Waals surface area contributed by atoms with Crippen molar-refractivity contribution in [2.24, 2.45) is 5.41 Å². The van der Waals surface area contributed by atoms with E-state index in [1.165, 1.54) is 0 Å². The summed E-state index contributed by atoms with van der Waals surface area (Å²) in [4.78, 5) is 0. The maximum Gasteiger partial charge on any atom is 0.0861 e. The van der Waals surface area contributed by atoms with Gasteiger partial charge in [0.15, 0.2) is 0 Å². The molecule has 0 radical (unpaired) electrons. The Morgan fingerprint density at radius 1 is 1.27 bits per heavy atom. The van der Waals surface area contributed by atoms with Crippen LogP contribution in [0, 0.1) is 5.41 Å². The fraction of sp³-hybridized carbons (Fsp3) is 1.00. The molecule has 0 aromatic rings. The lowest BCUT2D eigenvalue weighted by atomic mass is 9.88. The molecular formula is C11H25NO2S. The molecule has 0 saturated carbocycles. The van der Waals surface area contributed by atoms with Gasteiger partial charge in [-0.05, 0) is 12.0 Å². The van der Waals surface area contributed by atoms with Gasteiger partial charge in [0.2, 0.25) is 0 Å². The van der Waals surface area contributed by atoms with E-state index in [1.54, 1.807) is 11.8 Å². The molecule has 92 valence electrons. The number of thioether (sulfide) groups is 1. The van der Waals surface area contributed by atoms with Crippen molar-refractivity contribution in [1.29, 1.82) is 0 Å². The molecule has 0 fully saturated rings. The van der Waals surface area contributed by atoms with Crippen LogP contribution in [0.5, 0.6) is 0 Å². The zero-order valence-electron chi connectivity index (χ0n) is 10.3. The van der Waals surface area contributed by atoms with Crippen molar-refractivity contribution in [3.05, 3.63) is 0 Å². The van der Waals surface area contributed by atoms with E-state index < -0.39 is 6.10 Å². The second-order valence-corrected chi connectivity index (χ2v) is 5.93. The molecule has 2 atom stereocenters. The molecule has 0 aliphatic carbocycles. The Morgan fingerprint density at radius 3 is 2.27 bits per heavy atom. The van der Waals surface area contributed by atoms with Gasteiger partial charge in [-0.3, -0.25) is 0 Å². The van der Waals surface area contributed by atoms with E-state index in [9.17, 15) is 5.11 Å². The van der Waals surface area contributed by atoms with Gasteiger partial charge in [-0.2, -0.15) is 11.8 Å². The molecule has 0 rings (SSSR count). The summed E-state index contributed by atoms with van der Waals surface area (Å²) < 4.78 is 0. The normalized spacial score (nSPS) is 16.4. The molecule has 0 amide bonds. The zero-order chi connectivity index (χ0) is 11.9.